The lowest BCUT2D eigenvalue weighted by molar-refractivity contribution is -0.120. The average Bonchev–Trinajstić information content (AvgIpc) is 3.38. The zero-order valence-electron chi connectivity index (χ0n) is 16.1. The highest BCUT2D eigenvalue weighted by Gasteiger charge is 2.38. The smallest absolute Gasteiger partial charge is 0.341 e. The molecule has 1 aromatic heterocycles. The van der Waals surface area contributed by atoms with Gasteiger partial charge in [-0.1, -0.05) is 0 Å². The molecule has 1 unspecified atom stereocenters. The summed E-state index contributed by atoms with van der Waals surface area (Å²) in [4.78, 5) is 36.9. The summed E-state index contributed by atoms with van der Waals surface area (Å²) < 4.78 is 32.0. The van der Waals surface area contributed by atoms with Crippen LogP contribution >= 0.6 is 0 Å². The van der Waals surface area contributed by atoms with Gasteiger partial charge in [0.15, 0.2) is 5.82 Å². The van der Waals surface area contributed by atoms with Crippen LogP contribution in [0.15, 0.2) is 17.1 Å². The Labute approximate surface area is 164 Å². The van der Waals surface area contributed by atoms with Gasteiger partial charge in [-0.2, -0.15) is 0 Å². The summed E-state index contributed by atoms with van der Waals surface area (Å²) >= 11 is 0. The Balaban J connectivity index is 1.89. The SMILES string of the molecule is CC(=O)NC1(C)CCN(c2c(F)cc3c(=O)c(C(=O)O)cn(C4CC4)c3c2F)C1. The number of pyridine rings is 1. The van der Waals surface area contributed by atoms with Crippen LogP contribution in [-0.2, 0) is 4.79 Å². The molecule has 2 heterocycles. The van der Waals surface area contributed by atoms with E-state index in [-0.39, 0.29) is 35.1 Å². The molecule has 29 heavy (non-hydrogen) atoms. The highest BCUT2D eigenvalue weighted by Crippen LogP contribution is 2.40. The van der Waals surface area contributed by atoms with E-state index < -0.39 is 34.1 Å². The monoisotopic (exact) mass is 405 g/mol. The van der Waals surface area contributed by atoms with Gasteiger partial charge in [-0.3, -0.25) is 9.59 Å². The summed E-state index contributed by atoms with van der Waals surface area (Å²) in [6.45, 7) is 3.74. The summed E-state index contributed by atoms with van der Waals surface area (Å²) in [7, 11) is 0. The predicted octanol–water partition coefficient (Wildman–Crippen LogP) is 2.42. The molecule has 1 aromatic carbocycles. The van der Waals surface area contributed by atoms with Crippen molar-refractivity contribution in [1.82, 2.24) is 9.88 Å². The molecule has 1 aliphatic heterocycles. The van der Waals surface area contributed by atoms with Gasteiger partial charge in [0, 0.05) is 32.3 Å². The molecular weight excluding hydrogens is 384 g/mol. The number of carbonyl (C=O) groups excluding carboxylic acids is 1. The van der Waals surface area contributed by atoms with E-state index in [0.717, 1.165) is 25.1 Å². The molecule has 7 nitrogen and oxygen atoms in total. The number of halogens is 2. The van der Waals surface area contributed by atoms with Crippen molar-refractivity contribution in [2.75, 3.05) is 18.0 Å². The lowest BCUT2D eigenvalue weighted by Crippen LogP contribution is -2.47. The van der Waals surface area contributed by atoms with Gasteiger partial charge in [-0.25, -0.2) is 13.6 Å². The van der Waals surface area contributed by atoms with Gasteiger partial charge in [0.05, 0.1) is 16.4 Å². The van der Waals surface area contributed by atoms with E-state index in [1.165, 1.54) is 16.4 Å². The maximum Gasteiger partial charge on any atom is 0.341 e. The number of anilines is 1. The van der Waals surface area contributed by atoms with Gasteiger partial charge in [0.25, 0.3) is 0 Å². The second-order valence-corrected chi connectivity index (χ2v) is 8.15. The van der Waals surface area contributed by atoms with Crippen molar-refractivity contribution in [2.24, 2.45) is 0 Å². The minimum Gasteiger partial charge on any atom is -0.477 e. The Morgan fingerprint density at radius 3 is 2.59 bits per heavy atom. The zero-order valence-corrected chi connectivity index (χ0v) is 16.1. The van der Waals surface area contributed by atoms with E-state index in [4.69, 9.17) is 0 Å². The number of hydrogen-bond acceptors (Lipinski definition) is 4. The maximum absolute atomic E-state index is 15.6. The van der Waals surface area contributed by atoms with Crippen LogP contribution < -0.4 is 15.6 Å². The van der Waals surface area contributed by atoms with Crippen molar-refractivity contribution in [2.45, 2.75) is 44.7 Å². The number of aromatic nitrogens is 1. The van der Waals surface area contributed by atoms with E-state index in [9.17, 15) is 23.9 Å². The molecule has 2 fully saturated rings. The van der Waals surface area contributed by atoms with Gasteiger partial charge >= 0.3 is 5.97 Å². The lowest BCUT2D eigenvalue weighted by atomic mass is 10.0. The van der Waals surface area contributed by atoms with Crippen molar-refractivity contribution < 1.29 is 23.5 Å². The predicted molar refractivity (Wildman–Crippen MR) is 102 cm³/mol. The van der Waals surface area contributed by atoms with Crippen LogP contribution in [0.2, 0.25) is 0 Å². The number of hydrogen-bond donors (Lipinski definition) is 2. The number of nitrogens with one attached hydrogen (secondary N) is 1. The van der Waals surface area contributed by atoms with Crippen LogP contribution in [0.1, 0.15) is 49.5 Å². The molecule has 1 saturated heterocycles. The second-order valence-electron chi connectivity index (χ2n) is 8.15. The summed E-state index contributed by atoms with van der Waals surface area (Å²) in [5.74, 6) is -3.46. The first-order valence-electron chi connectivity index (χ1n) is 9.45. The van der Waals surface area contributed by atoms with Crippen LogP contribution in [0, 0.1) is 11.6 Å². The Morgan fingerprint density at radius 2 is 2.00 bits per heavy atom. The molecule has 1 amide bonds. The topological polar surface area (TPSA) is 91.6 Å². The van der Waals surface area contributed by atoms with E-state index >= 15 is 4.39 Å². The quantitative estimate of drug-likeness (QED) is 0.815. The van der Waals surface area contributed by atoms with Crippen molar-refractivity contribution in [3.8, 4) is 0 Å². The third kappa shape index (κ3) is 3.24. The Bertz CT molecular complexity index is 1110. The number of rotatable bonds is 4. The van der Waals surface area contributed by atoms with Crippen molar-refractivity contribution in [1.29, 1.82) is 0 Å². The first-order chi connectivity index (χ1) is 13.6. The molecule has 1 aliphatic carbocycles. The van der Waals surface area contributed by atoms with Crippen molar-refractivity contribution in [3.05, 3.63) is 39.7 Å². The summed E-state index contributed by atoms with van der Waals surface area (Å²) in [5.41, 5.74) is -2.37. The first kappa shape index (κ1) is 19.4. The lowest BCUT2D eigenvalue weighted by Gasteiger charge is -2.27. The Hall–Kier alpha value is -2.97. The van der Waals surface area contributed by atoms with Crippen molar-refractivity contribution in [3.63, 3.8) is 0 Å². The number of carboxylic acids is 1. The fourth-order valence-electron chi connectivity index (χ4n) is 4.19. The third-order valence-corrected chi connectivity index (χ3v) is 5.62. The van der Waals surface area contributed by atoms with Gasteiger partial charge in [-0.15, -0.1) is 0 Å². The molecule has 2 aromatic rings. The summed E-state index contributed by atoms with van der Waals surface area (Å²) in [6, 6.07) is 0.808. The number of fused-ring (bicyclic) bond motifs is 1. The molecule has 1 saturated carbocycles. The standard InChI is InChI=1S/C20H21F2N3O4/c1-10(26)23-20(2)5-6-24(9-20)17-14(21)7-12-16(15(17)22)25(11-3-4-11)8-13(18(12)27)19(28)29/h7-8,11H,3-6,9H2,1-2H3,(H,23,26)(H,28,29). The zero-order chi connectivity index (χ0) is 21.1. The van der Waals surface area contributed by atoms with E-state index in [1.54, 1.807) is 0 Å². The number of aromatic carboxylic acids is 1. The number of amides is 1. The number of benzene rings is 1. The summed E-state index contributed by atoms with van der Waals surface area (Å²) in [6.07, 6.45) is 3.12. The van der Waals surface area contributed by atoms with Gasteiger partial charge in [-0.05, 0) is 32.3 Å². The molecule has 0 spiro atoms. The highest BCUT2D eigenvalue weighted by molar-refractivity contribution is 5.94. The molecule has 9 heteroatoms. The minimum absolute atomic E-state index is 0.0768. The third-order valence-electron chi connectivity index (χ3n) is 5.62. The van der Waals surface area contributed by atoms with Crippen LogP contribution in [-0.4, -0.2) is 40.2 Å². The largest absolute Gasteiger partial charge is 0.477 e. The molecular formula is C20H21F2N3O4. The number of nitrogens with zero attached hydrogens (tertiary/aromatic N) is 2. The first-order valence-corrected chi connectivity index (χ1v) is 9.45. The van der Waals surface area contributed by atoms with Gasteiger partial charge < -0.3 is 19.9 Å². The van der Waals surface area contributed by atoms with Gasteiger partial charge in [0.1, 0.15) is 17.1 Å². The van der Waals surface area contributed by atoms with Crippen molar-refractivity contribution >= 4 is 28.5 Å². The van der Waals surface area contributed by atoms with Crippen LogP contribution in [0.4, 0.5) is 14.5 Å². The van der Waals surface area contributed by atoms with E-state index in [2.05, 4.69) is 5.32 Å². The number of carboxylic acid groups (broad SMARTS) is 1. The minimum atomic E-state index is -1.43. The molecule has 2 aliphatic rings. The van der Waals surface area contributed by atoms with Crippen LogP contribution in [0.5, 0.6) is 0 Å². The fourth-order valence-corrected chi connectivity index (χ4v) is 4.19. The molecule has 154 valence electrons. The molecule has 4 rings (SSSR count). The van der Waals surface area contributed by atoms with Crippen LogP contribution in [0.25, 0.3) is 10.9 Å². The highest BCUT2D eigenvalue weighted by atomic mass is 19.1. The maximum atomic E-state index is 15.6. The normalized spacial score (nSPS) is 21.6. The summed E-state index contributed by atoms with van der Waals surface area (Å²) in [5, 5.41) is 11.8. The second kappa shape index (κ2) is 6.53. The van der Waals surface area contributed by atoms with E-state index in [0.29, 0.717) is 13.0 Å². The fraction of sp³-hybridized carbons (Fsp3) is 0.450. The van der Waals surface area contributed by atoms with Gasteiger partial charge in [0.2, 0.25) is 11.3 Å². The van der Waals surface area contributed by atoms with E-state index in [1.807, 2.05) is 6.92 Å². The van der Waals surface area contributed by atoms with Crippen LogP contribution in [0.3, 0.4) is 0 Å². The average molecular weight is 405 g/mol. The Morgan fingerprint density at radius 1 is 1.31 bits per heavy atom. The molecule has 0 radical (unpaired) electrons. The number of carbonyl (C=O) groups is 2. The molecule has 1 atom stereocenters. The molecule has 2 N–H and O–H groups in total. The Kier molecular flexibility index (Phi) is 4.36. The molecule has 0 bridgehead atoms.